The third-order valence-electron chi connectivity index (χ3n) is 1.92. The summed E-state index contributed by atoms with van der Waals surface area (Å²) in [6, 6.07) is 5.72. The van der Waals surface area contributed by atoms with Crippen LogP contribution in [0.15, 0.2) is 22.7 Å². The van der Waals surface area contributed by atoms with Crippen molar-refractivity contribution in [3.63, 3.8) is 0 Å². The second kappa shape index (κ2) is 7.41. The molecule has 4 heteroatoms. The van der Waals surface area contributed by atoms with Crippen LogP contribution < -0.4 is 4.74 Å². The van der Waals surface area contributed by atoms with Crippen molar-refractivity contribution in [3.05, 3.63) is 28.2 Å². The summed E-state index contributed by atoms with van der Waals surface area (Å²) in [6.45, 7) is 1.57. The fraction of sp³-hybridized carbons (Fsp3) is 0.308. The number of thioether (sulfide) groups is 1. The lowest BCUT2D eigenvalue weighted by Crippen LogP contribution is -1.88. The minimum absolute atomic E-state index is 0.132. The zero-order valence-corrected chi connectivity index (χ0v) is 12.2. The van der Waals surface area contributed by atoms with Crippen LogP contribution in [0.3, 0.4) is 0 Å². The fourth-order valence-corrected chi connectivity index (χ4v) is 2.00. The SMILES string of the molecule is COc1cc(Br)ccc1C#CCCSC(C)=O. The molecule has 1 aromatic rings. The summed E-state index contributed by atoms with van der Waals surface area (Å²) >= 11 is 4.68. The van der Waals surface area contributed by atoms with Gasteiger partial charge in [-0.2, -0.15) is 0 Å². The number of ether oxygens (including phenoxy) is 1. The third kappa shape index (κ3) is 5.29. The Hall–Kier alpha value is -0.920. The van der Waals surface area contributed by atoms with E-state index < -0.39 is 0 Å². The number of benzene rings is 1. The Balaban J connectivity index is 2.62. The molecule has 0 spiro atoms. The van der Waals surface area contributed by atoms with E-state index in [4.69, 9.17) is 4.74 Å². The van der Waals surface area contributed by atoms with Gasteiger partial charge < -0.3 is 4.74 Å². The van der Waals surface area contributed by atoms with Gasteiger partial charge in [0.25, 0.3) is 0 Å². The van der Waals surface area contributed by atoms with Crippen LogP contribution in [0.4, 0.5) is 0 Å². The number of carbonyl (C=O) groups is 1. The van der Waals surface area contributed by atoms with Crippen molar-refractivity contribution in [1.29, 1.82) is 0 Å². The van der Waals surface area contributed by atoms with Crippen LogP contribution in [0, 0.1) is 11.8 Å². The lowest BCUT2D eigenvalue weighted by atomic mass is 10.2. The molecule has 0 unspecified atom stereocenters. The van der Waals surface area contributed by atoms with E-state index >= 15 is 0 Å². The first kappa shape index (κ1) is 14.1. The first-order chi connectivity index (χ1) is 8.13. The van der Waals surface area contributed by atoms with Crippen molar-refractivity contribution < 1.29 is 9.53 Å². The summed E-state index contributed by atoms with van der Waals surface area (Å²) in [6.07, 6.45) is 0.698. The summed E-state index contributed by atoms with van der Waals surface area (Å²) in [5, 5.41) is 0.132. The lowest BCUT2D eigenvalue weighted by Gasteiger charge is -2.02. The smallest absolute Gasteiger partial charge is 0.185 e. The van der Waals surface area contributed by atoms with E-state index in [2.05, 4.69) is 27.8 Å². The predicted molar refractivity (Wildman–Crippen MR) is 75.3 cm³/mol. The number of carbonyl (C=O) groups excluding carboxylic acids is 1. The Kier molecular flexibility index (Phi) is 6.17. The first-order valence-corrected chi connectivity index (χ1v) is 6.87. The fourth-order valence-electron chi connectivity index (χ4n) is 1.17. The molecule has 90 valence electrons. The summed E-state index contributed by atoms with van der Waals surface area (Å²) in [4.78, 5) is 10.7. The maximum Gasteiger partial charge on any atom is 0.185 e. The number of hydrogen-bond acceptors (Lipinski definition) is 3. The average molecular weight is 313 g/mol. The maximum atomic E-state index is 10.7. The van der Waals surface area contributed by atoms with Crippen molar-refractivity contribution in [2.24, 2.45) is 0 Å². The molecule has 0 saturated carbocycles. The molecule has 0 aliphatic rings. The molecule has 0 N–H and O–H groups in total. The topological polar surface area (TPSA) is 26.3 Å². The molecular weight excluding hydrogens is 300 g/mol. The van der Waals surface area contributed by atoms with Gasteiger partial charge in [-0.3, -0.25) is 4.79 Å². The Morgan fingerprint density at radius 1 is 1.53 bits per heavy atom. The number of methoxy groups -OCH3 is 1. The van der Waals surface area contributed by atoms with Gasteiger partial charge >= 0.3 is 0 Å². The van der Waals surface area contributed by atoms with Crippen LogP contribution in [0.2, 0.25) is 0 Å². The second-order valence-electron chi connectivity index (χ2n) is 3.24. The minimum Gasteiger partial charge on any atom is -0.495 e. The van der Waals surface area contributed by atoms with Crippen LogP contribution in [0.5, 0.6) is 5.75 Å². The van der Waals surface area contributed by atoms with E-state index in [-0.39, 0.29) is 5.12 Å². The standard InChI is InChI=1S/C13H13BrO2S/c1-10(15)17-8-4-3-5-11-6-7-12(14)9-13(11)16-2/h6-7,9H,4,8H2,1-2H3. The normalized spacial score (nSPS) is 9.35. The molecule has 0 saturated heterocycles. The van der Waals surface area contributed by atoms with Gasteiger partial charge in [0.15, 0.2) is 5.12 Å². The van der Waals surface area contributed by atoms with Crippen LogP contribution in [-0.2, 0) is 4.79 Å². The van der Waals surface area contributed by atoms with Gasteiger partial charge in [0.2, 0.25) is 0 Å². The zero-order chi connectivity index (χ0) is 12.7. The van der Waals surface area contributed by atoms with E-state index in [1.165, 1.54) is 11.8 Å². The summed E-state index contributed by atoms with van der Waals surface area (Å²) in [5.74, 6) is 7.57. The lowest BCUT2D eigenvalue weighted by molar-refractivity contribution is -0.109. The van der Waals surface area contributed by atoms with E-state index in [1.807, 2.05) is 18.2 Å². The molecule has 0 atom stereocenters. The van der Waals surface area contributed by atoms with Gasteiger partial charge in [0.05, 0.1) is 12.7 Å². The van der Waals surface area contributed by atoms with Crippen LogP contribution in [0.25, 0.3) is 0 Å². The van der Waals surface area contributed by atoms with Gasteiger partial charge in [-0.1, -0.05) is 39.5 Å². The van der Waals surface area contributed by atoms with Crippen molar-refractivity contribution in [2.45, 2.75) is 13.3 Å². The van der Waals surface area contributed by atoms with Gasteiger partial charge in [-0.25, -0.2) is 0 Å². The number of halogens is 1. The van der Waals surface area contributed by atoms with Crippen molar-refractivity contribution >= 4 is 32.8 Å². The molecule has 0 bridgehead atoms. The van der Waals surface area contributed by atoms with Crippen LogP contribution >= 0.6 is 27.7 Å². The molecule has 0 aliphatic heterocycles. The van der Waals surface area contributed by atoms with Crippen molar-refractivity contribution in [1.82, 2.24) is 0 Å². The number of hydrogen-bond donors (Lipinski definition) is 0. The minimum atomic E-state index is 0.132. The summed E-state index contributed by atoms with van der Waals surface area (Å²) in [5.41, 5.74) is 0.864. The van der Waals surface area contributed by atoms with Gasteiger partial charge in [-0.05, 0) is 18.2 Å². The third-order valence-corrected chi connectivity index (χ3v) is 3.23. The van der Waals surface area contributed by atoms with Gasteiger partial charge in [-0.15, -0.1) is 0 Å². The molecule has 0 heterocycles. The number of rotatable bonds is 3. The Morgan fingerprint density at radius 3 is 2.94 bits per heavy atom. The van der Waals surface area contributed by atoms with Crippen molar-refractivity contribution in [2.75, 3.05) is 12.9 Å². The largest absolute Gasteiger partial charge is 0.495 e. The Morgan fingerprint density at radius 2 is 2.29 bits per heavy atom. The highest BCUT2D eigenvalue weighted by Crippen LogP contribution is 2.22. The molecule has 0 aromatic heterocycles. The van der Waals surface area contributed by atoms with Crippen molar-refractivity contribution in [3.8, 4) is 17.6 Å². The average Bonchev–Trinajstić information content (AvgIpc) is 2.29. The summed E-state index contributed by atoms with van der Waals surface area (Å²) in [7, 11) is 1.62. The van der Waals surface area contributed by atoms with Gasteiger partial charge in [0, 0.05) is 23.6 Å². The molecule has 0 fully saturated rings. The molecular formula is C13H13BrO2S. The van der Waals surface area contributed by atoms with Crippen LogP contribution in [0.1, 0.15) is 18.9 Å². The molecule has 2 nitrogen and oxygen atoms in total. The first-order valence-electron chi connectivity index (χ1n) is 5.09. The molecule has 0 aliphatic carbocycles. The summed E-state index contributed by atoms with van der Waals surface area (Å²) < 4.78 is 6.19. The van der Waals surface area contributed by atoms with E-state index in [9.17, 15) is 4.79 Å². The quantitative estimate of drug-likeness (QED) is 0.631. The molecule has 17 heavy (non-hydrogen) atoms. The maximum absolute atomic E-state index is 10.7. The molecule has 1 rings (SSSR count). The van der Waals surface area contributed by atoms with Gasteiger partial charge in [0.1, 0.15) is 5.75 Å². The highest BCUT2D eigenvalue weighted by molar-refractivity contribution is 9.10. The Bertz CT molecular complexity index is 460. The highest BCUT2D eigenvalue weighted by atomic mass is 79.9. The zero-order valence-electron chi connectivity index (χ0n) is 9.75. The van der Waals surface area contributed by atoms with E-state index in [0.717, 1.165) is 21.5 Å². The Labute approximate surface area is 114 Å². The van der Waals surface area contributed by atoms with E-state index in [0.29, 0.717) is 6.42 Å². The van der Waals surface area contributed by atoms with Crippen LogP contribution in [-0.4, -0.2) is 18.0 Å². The predicted octanol–water partition coefficient (Wildman–Crippen LogP) is 3.48. The molecule has 0 radical (unpaired) electrons. The monoisotopic (exact) mass is 312 g/mol. The molecule has 1 aromatic carbocycles. The highest BCUT2D eigenvalue weighted by Gasteiger charge is 1.99. The second-order valence-corrected chi connectivity index (χ2v) is 5.42. The molecule has 0 amide bonds. The van der Waals surface area contributed by atoms with E-state index in [1.54, 1.807) is 14.0 Å².